The Morgan fingerprint density at radius 1 is 1.29 bits per heavy atom. The van der Waals surface area contributed by atoms with Crippen molar-refractivity contribution in [3.8, 4) is 11.8 Å². The predicted octanol–water partition coefficient (Wildman–Crippen LogP) is 1.79. The van der Waals surface area contributed by atoms with Gasteiger partial charge in [-0.3, -0.25) is 4.98 Å². The molecule has 2 aliphatic rings. The van der Waals surface area contributed by atoms with Gasteiger partial charge in [-0.2, -0.15) is 5.26 Å². The van der Waals surface area contributed by atoms with E-state index in [-0.39, 0.29) is 6.10 Å². The summed E-state index contributed by atoms with van der Waals surface area (Å²) >= 11 is 0. The third kappa shape index (κ3) is 2.64. The molecule has 2 heterocycles. The average molecular weight is 286 g/mol. The molecule has 1 aliphatic heterocycles. The molecule has 0 unspecified atom stereocenters. The zero-order chi connectivity index (χ0) is 15.3. The Labute approximate surface area is 125 Å². The van der Waals surface area contributed by atoms with Crippen LogP contribution < -0.4 is 10.3 Å². The molecule has 110 valence electrons. The first-order chi connectivity index (χ1) is 9.82. The molecule has 1 aromatic rings. The van der Waals surface area contributed by atoms with Crippen LogP contribution in [-0.4, -0.2) is 29.4 Å². The van der Waals surface area contributed by atoms with Crippen LogP contribution in [0, 0.1) is 11.3 Å². The molecular formula is C15H19BN2O3. The van der Waals surface area contributed by atoms with Crippen molar-refractivity contribution in [2.45, 2.75) is 57.8 Å². The van der Waals surface area contributed by atoms with Gasteiger partial charge in [0, 0.05) is 6.20 Å². The van der Waals surface area contributed by atoms with E-state index in [0.29, 0.717) is 16.9 Å². The van der Waals surface area contributed by atoms with Gasteiger partial charge in [0.25, 0.3) is 0 Å². The van der Waals surface area contributed by atoms with Crippen LogP contribution in [-0.2, 0) is 9.31 Å². The molecular weight excluding hydrogens is 267 g/mol. The van der Waals surface area contributed by atoms with Gasteiger partial charge in [0.05, 0.1) is 22.9 Å². The second-order valence-electron chi connectivity index (χ2n) is 6.62. The van der Waals surface area contributed by atoms with Crippen molar-refractivity contribution in [1.29, 1.82) is 5.26 Å². The summed E-state index contributed by atoms with van der Waals surface area (Å²) in [6.45, 7) is 7.99. The molecule has 0 radical (unpaired) electrons. The fraction of sp³-hybridized carbons (Fsp3) is 0.600. The number of pyridine rings is 1. The molecule has 1 saturated heterocycles. The van der Waals surface area contributed by atoms with Crippen molar-refractivity contribution in [3.63, 3.8) is 0 Å². The van der Waals surface area contributed by atoms with Gasteiger partial charge in [-0.05, 0) is 46.6 Å². The van der Waals surface area contributed by atoms with Gasteiger partial charge < -0.3 is 14.0 Å². The van der Waals surface area contributed by atoms with Crippen LogP contribution in [0.3, 0.4) is 0 Å². The standard InChI is InChI=1S/C15H19BN2O3/c1-14(2)15(3,4)21-16(20-14)13-7-12(19-11-5-6-11)10(8-17)9-18-13/h7,9,11H,5-6H2,1-4H3. The lowest BCUT2D eigenvalue weighted by molar-refractivity contribution is 0.00578. The van der Waals surface area contributed by atoms with E-state index >= 15 is 0 Å². The van der Waals surface area contributed by atoms with Crippen LogP contribution in [0.1, 0.15) is 46.1 Å². The zero-order valence-electron chi connectivity index (χ0n) is 12.8. The molecule has 21 heavy (non-hydrogen) atoms. The van der Waals surface area contributed by atoms with E-state index < -0.39 is 18.3 Å². The second-order valence-corrected chi connectivity index (χ2v) is 6.62. The molecule has 0 N–H and O–H groups in total. The summed E-state index contributed by atoms with van der Waals surface area (Å²) in [6.07, 6.45) is 3.83. The first-order valence-corrected chi connectivity index (χ1v) is 7.25. The minimum Gasteiger partial charge on any atom is -0.489 e. The van der Waals surface area contributed by atoms with E-state index in [0.717, 1.165) is 12.8 Å². The van der Waals surface area contributed by atoms with Crippen LogP contribution in [0.2, 0.25) is 0 Å². The highest BCUT2D eigenvalue weighted by Crippen LogP contribution is 2.36. The summed E-state index contributed by atoms with van der Waals surface area (Å²) in [7, 11) is -0.538. The molecule has 0 bridgehead atoms. The Hall–Kier alpha value is -1.58. The van der Waals surface area contributed by atoms with E-state index in [9.17, 15) is 0 Å². The fourth-order valence-corrected chi connectivity index (χ4v) is 2.09. The first kappa shape index (κ1) is 14.4. The van der Waals surface area contributed by atoms with Crippen molar-refractivity contribution in [2.75, 3.05) is 0 Å². The zero-order valence-corrected chi connectivity index (χ0v) is 12.8. The molecule has 3 rings (SSSR count). The maximum Gasteiger partial charge on any atom is 0.514 e. The van der Waals surface area contributed by atoms with Gasteiger partial charge in [0.1, 0.15) is 17.4 Å². The SMILES string of the molecule is CC1(C)OB(c2cc(OC3CC3)c(C#N)cn2)OC1(C)C. The molecule has 0 aromatic carbocycles. The van der Waals surface area contributed by atoms with E-state index in [4.69, 9.17) is 19.3 Å². The molecule has 2 fully saturated rings. The van der Waals surface area contributed by atoms with Gasteiger partial charge in [0.2, 0.25) is 0 Å². The van der Waals surface area contributed by atoms with Crippen LogP contribution >= 0.6 is 0 Å². The van der Waals surface area contributed by atoms with Crippen LogP contribution in [0.4, 0.5) is 0 Å². The highest BCUT2D eigenvalue weighted by Gasteiger charge is 2.52. The number of aromatic nitrogens is 1. The summed E-state index contributed by atoms with van der Waals surface area (Å²) in [4.78, 5) is 4.30. The minimum absolute atomic E-state index is 0.227. The van der Waals surface area contributed by atoms with E-state index in [1.807, 2.05) is 27.7 Å². The maximum absolute atomic E-state index is 9.14. The Balaban J connectivity index is 1.88. The van der Waals surface area contributed by atoms with Gasteiger partial charge >= 0.3 is 7.12 Å². The highest BCUT2D eigenvalue weighted by atomic mass is 16.7. The summed E-state index contributed by atoms with van der Waals surface area (Å²) in [5.41, 5.74) is 0.265. The molecule has 0 amide bonds. The summed E-state index contributed by atoms with van der Waals surface area (Å²) in [5, 5.41) is 9.14. The normalized spacial score (nSPS) is 22.9. The maximum atomic E-state index is 9.14. The summed E-state index contributed by atoms with van der Waals surface area (Å²) in [5.74, 6) is 0.569. The fourth-order valence-electron chi connectivity index (χ4n) is 2.09. The quantitative estimate of drug-likeness (QED) is 0.793. The molecule has 5 nitrogen and oxygen atoms in total. The summed E-state index contributed by atoms with van der Waals surface area (Å²) in [6, 6.07) is 3.87. The Kier molecular flexibility index (Phi) is 3.23. The van der Waals surface area contributed by atoms with Crippen LogP contribution in [0.5, 0.6) is 5.75 Å². The topological polar surface area (TPSA) is 64.4 Å². The monoisotopic (exact) mass is 286 g/mol. The van der Waals surface area contributed by atoms with Crippen LogP contribution in [0.15, 0.2) is 12.3 Å². The number of nitriles is 1. The van der Waals surface area contributed by atoms with Crippen LogP contribution in [0.25, 0.3) is 0 Å². The lowest BCUT2D eigenvalue weighted by atomic mass is 9.84. The number of nitrogens with zero attached hydrogens (tertiary/aromatic N) is 2. The van der Waals surface area contributed by atoms with Crippen molar-refractivity contribution in [2.24, 2.45) is 0 Å². The van der Waals surface area contributed by atoms with Gasteiger partial charge in [-0.1, -0.05) is 0 Å². The second kappa shape index (κ2) is 4.72. The van der Waals surface area contributed by atoms with Crippen molar-refractivity contribution in [1.82, 2.24) is 4.98 Å². The van der Waals surface area contributed by atoms with Crippen molar-refractivity contribution >= 4 is 12.7 Å². The Bertz CT molecular complexity index is 589. The number of ether oxygens (including phenoxy) is 1. The molecule has 0 atom stereocenters. The van der Waals surface area contributed by atoms with Crippen molar-refractivity contribution in [3.05, 3.63) is 17.8 Å². The minimum atomic E-state index is -0.538. The number of hydrogen-bond acceptors (Lipinski definition) is 5. The third-order valence-corrected chi connectivity index (χ3v) is 4.32. The Morgan fingerprint density at radius 2 is 1.90 bits per heavy atom. The lowest BCUT2D eigenvalue weighted by Crippen LogP contribution is -2.41. The Morgan fingerprint density at radius 3 is 2.43 bits per heavy atom. The third-order valence-electron chi connectivity index (χ3n) is 4.32. The van der Waals surface area contributed by atoms with E-state index in [1.54, 1.807) is 6.07 Å². The molecule has 1 aromatic heterocycles. The molecule has 1 saturated carbocycles. The van der Waals surface area contributed by atoms with E-state index in [2.05, 4.69) is 11.1 Å². The predicted molar refractivity (Wildman–Crippen MR) is 78.3 cm³/mol. The number of rotatable bonds is 3. The molecule has 6 heteroatoms. The molecule has 0 spiro atoms. The smallest absolute Gasteiger partial charge is 0.489 e. The largest absolute Gasteiger partial charge is 0.514 e. The summed E-state index contributed by atoms with van der Waals surface area (Å²) < 4.78 is 17.7. The van der Waals surface area contributed by atoms with Gasteiger partial charge in [-0.25, -0.2) is 0 Å². The first-order valence-electron chi connectivity index (χ1n) is 7.25. The van der Waals surface area contributed by atoms with Gasteiger partial charge in [0.15, 0.2) is 0 Å². The molecule has 1 aliphatic carbocycles. The lowest BCUT2D eigenvalue weighted by Gasteiger charge is -2.32. The average Bonchev–Trinajstić information content (AvgIpc) is 3.17. The highest BCUT2D eigenvalue weighted by molar-refractivity contribution is 6.61. The number of hydrogen-bond donors (Lipinski definition) is 0. The van der Waals surface area contributed by atoms with E-state index in [1.165, 1.54) is 6.20 Å². The van der Waals surface area contributed by atoms with Gasteiger partial charge in [-0.15, -0.1) is 0 Å². The van der Waals surface area contributed by atoms with Crippen molar-refractivity contribution < 1.29 is 14.0 Å².